The molecule has 1 atom stereocenters. The number of hydrogen-bond donors (Lipinski definition) is 1. The van der Waals surface area contributed by atoms with Crippen molar-refractivity contribution >= 4 is 15.7 Å². The molecule has 0 aliphatic rings. The molecule has 1 unspecified atom stereocenters. The first-order chi connectivity index (χ1) is 8.44. The van der Waals surface area contributed by atoms with E-state index in [-0.39, 0.29) is 6.42 Å². The first-order valence-electron chi connectivity index (χ1n) is 5.95. The average molecular weight is 266 g/mol. The van der Waals surface area contributed by atoms with Crippen LogP contribution in [0.3, 0.4) is 0 Å². The highest BCUT2D eigenvalue weighted by Gasteiger charge is 2.23. The van der Waals surface area contributed by atoms with Crippen molar-refractivity contribution in [3.63, 3.8) is 0 Å². The molecule has 1 aromatic rings. The second kappa shape index (κ2) is 5.87. The summed E-state index contributed by atoms with van der Waals surface area (Å²) in [5.74, 6) is 0. The number of benzene rings is 1. The molecule has 1 N–H and O–H groups in total. The number of nitrogens with zero attached hydrogens (tertiary/aromatic N) is 1. The highest BCUT2D eigenvalue weighted by molar-refractivity contribution is 7.93. The lowest BCUT2D eigenvalue weighted by Crippen LogP contribution is -2.26. The van der Waals surface area contributed by atoms with E-state index in [0.29, 0.717) is 5.69 Å². The summed E-state index contributed by atoms with van der Waals surface area (Å²) in [4.78, 5) is 0. The third-order valence-electron chi connectivity index (χ3n) is 2.88. The Labute approximate surface area is 109 Å². The standard InChI is InChI=1S/C13H18N2O2S/c1-4-11-8-12(7-6-10(11)3)15-18(16,17)13(5-2)9-14/h6-8,13,15H,4-5H2,1-3H3. The van der Waals surface area contributed by atoms with Crippen molar-refractivity contribution in [1.29, 1.82) is 5.26 Å². The molecule has 0 bridgehead atoms. The van der Waals surface area contributed by atoms with Crippen molar-refractivity contribution in [3.05, 3.63) is 29.3 Å². The number of aryl methyl sites for hydroxylation is 2. The van der Waals surface area contributed by atoms with Gasteiger partial charge in [-0.25, -0.2) is 8.42 Å². The fourth-order valence-electron chi connectivity index (χ4n) is 1.73. The molecular formula is C13H18N2O2S. The van der Waals surface area contributed by atoms with E-state index < -0.39 is 15.3 Å². The minimum Gasteiger partial charge on any atom is -0.282 e. The van der Waals surface area contributed by atoms with Crippen LogP contribution >= 0.6 is 0 Å². The molecule has 0 aromatic heterocycles. The van der Waals surface area contributed by atoms with E-state index in [1.807, 2.05) is 26.0 Å². The van der Waals surface area contributed by atoms with Crippen molar-refractivity contribution in [2.24, 2.45) is 0 Å². The van der Waals surface area contributed by atoms with Crippen LogP contribution in [0.5, 0.6) is 0 Å². The first-order valence-corrected chi connectivity index (χ1v) is 7.50. The third-order valence-corrected chi connectivity index (χ3v) is 4.59. The molecule has 0 heterocycles. The zero-order chi connectivity index (χ0) is 13.8. The van der Waals surface area contributed by atoms with Crippen LogP contribution < -0.4 is 4.72 Å². The lowest BCUT2D eigenvalue weighted by atomic mass is 10.1. The van der Waals surface area contributed by atoms with Gasteiger partial charge >= 0.3 is 0 Å². The van der Waals surface area contributed by atoms with Gasteiger partial charge in [-0.05, 0) is 43.0 Å². The Morgan fingerprint density at radius 1 is 1.39 bits per heavy atom. The zero-order valence-corrected chi connectivity index (χ0v) is 11.7. The van der Waals surface area contributed by atoms with Crippen molar-refractivity contribution < 1.29 is 8.42 Å². The summed E-state index contributed by atoms with van der Waals surface area (Å²) in [5.41, 5.74) is 2.75. The smallest absolute Gasteiger partial charge is 0.249 e. The fraction of sp³-hybridized carbons (Fsp3) is 0.462. The van der Waals surface area contributed by atoms with Gasteiger partial charge in [-0.15, -0.1) is 0 Å². The SMILES string of the molecule is CCc1cc(NS(=O)(=O)C(C#N)CC)ccc1C. The van der Waals surface area contributed by atoms with Gasteiger partial charge in [-0.2, -0.15) is 5.26 Å². The van der Waals surface area contributed by atoms with Crippen LogP contribution in [0.1, 0.15) is 31.4 Å². The number of nitrogens with one attached hydrogen (secondary N) is 1. The number of sulfonamides is 1. The summed E-state index contributed by atoms with van der Waals surface area (Å²) in [7, 11) is -3.62. The predicted molar refractivity (Wildman–Crippen MR) is 72.8 cm³/mol. The van der Waals surface area contributed by atoms with Gasteiger partial charge in [-0.3, -0.25) is 4.72 Å². The topological polar surface area (TPSA) is 70.0 Å². The van der Waals surface area contributed by atoms with Crippen molar-refractivity contribution in [1.82, 2.24) is 0 Å². The van der Waals surface area contributed by atoms with E-state index in [1.54, 1.807) is 19.1 Å². The molecule has 98 valence electrons. The molecule has 0 spiro atoms. The molecule has 0 saturated heterocycles. The highest BCUT2D eigenvalue weighted by atomic mass is 32.2. The van der Waals surface area contributed by atoms with Crippen LogP contribution in [0.25, 0.3) is 0 Å². The maximum absolute atomic E-state index is 11.9. The van der Waals surface area contributed by atoms with Crippen LogP contribution in [0, 0.1) is 18.3 Å². The lowest BCUT2D eigenvalue weighted by Gasteiger charge is -2.13. The summed E-state index contributed by atoms with van der Waals surface area (Å²) >= 11 is 0. The highest BCUT2D eigenvalue weighted by Crippen LogP contribution is 2.18. The summed E-state index contributed by atoms with van der Waals surface area (Å²) < 4.78 is 26.3. The number of hydrogen-bond acceptors (Lipinski definition) is 3. The summed E-state index contributed by atoms with van der Waals surface area (Å²) in [6, 6.07) is 7.22. The van der Waals surface area contributed by atoms with Crippen LogP contribution in [-0.4, -0.2) is 13.7 Å². The van der Waals surface area contributed by atoms with E-state index in [0.717, 1.165) is 17.5 Å². The van der Waals surface area contributed by atoms with Crippen molar-refractivity contribution in [2.45, 2.75) is 38.9 Å². The predicted octanol–water partition coefficient (Wildman–Crippen LogP) is 2.60. The van der Waals surface area contributed by atoms with Gasteiger partial charge in [0, 0.05) is 5.69 Å². The molecule has 18 heavy (non-hydrogen) atoms. The van der Waals surface area contributed by atoms with Gasteiger partial charge in [0.2, 0.25) is 10.0 Å². The molecule has 4 nitrogen and oxygen atoms in total. The second-order valence-corrected chi connectivity index (χ2v) is 6.03. The molecule has 1 aromatic carbocycles. The van der Waals surface area contributed by atoms with Gasteiger partial charge in [0.15, 0.2) is 5.25 Å². The van der Waals surface area contributed by atoms with E-state index in [4.69, 9.17) is 5.26 Å². The van der Waals surface area contributed by atoms with Crippen LogP contribution in [0.15, 0.2) is 18.2 Å². The van der Waals surface area contributed by atoms with Crippen LogP contribution in [0.4, 0.5) is 5.69 Å². The molecule has 0 aliphatic heterocycles. The molecule has 0 radical (unpaired) electrons. The molecule has 0 amide bonds. The van der Waals surface area contributed by atoms with Crippen molar-refractivity contribution in [3.8, 4) is 6.07 Å². The molecule has 0 fully saturated rings. The number of nitriles is 1. The van der Waals surface area contributed by atoms with E-state index in [9.17, 15) is 8.42 Å². The quantitative estimate of drug-likeness (QED) is 0.890. The Bertz CT molecular complexity index is 559. The van der Waals surface area contributed by atoms with E-state index >= 15 is 0 Å². The normalized spacial score (nSPS) is 12.8. The fourth-order valence-corrected chi connectivity index (χ4v) is 2.91. The Morgan fingerprint density at radius 2 is 2.06 bits per heavy atom. The van der Waals surface area contributed by atoms with E-state index in [2.05, 4.69) is 4.72 Å². The largest absolute Gasteiger partial charge is 0.282 e. The van der Waals surface area contributed by atoms with Gasteiger partial charge < -0.3 is 0 Å². The Kier molecular flexibility index (Phi) is 4.74. The summed E-state index contributed by atoms with van der Waals surface area (Å²) in [6.45, 7) is 5.69. The minimum absolute atomic E-state index is 0.276. The van der Waals surface area contributed by atoms with Gasteiger partial charge in [0.25, 0.3) is 0 Å². The Balaban J connectivity index is 3.02. The maximum Gasteiger partial charge on any atom is 0.249 e. The average Bonchev–Trinajstić information content (AvgIpc) is 2.32. The van der Waals surface area contributed by atoms with Crippen molar-refractivity contribution in [2.75, 3.05) is 4.72 Å². The van der Waals surface area contributed by atoms with Gasteiger partial charge in [-0.1, -0.05) is 19.9 Å². The number of rotatable bonds is 5. The molecular weight excluding hydrogens is 248 g/mol. The van der Waals surface area contributed by atoms with Gasteiger partial charge in [0.1, 0.15) is 0 Å². The van der Waals surface area contributed by atoms with Crippen LogP contribution in [-0.2, 0) is 16.4 Å². The molecule has 1 rings (SSSR count). The third kappa shape index (κ3) is 3.23. The number of anilines is 1. The Morgan fingerprint density at radius 3 is 2.56 bits per heavy atom. The first kappa shape index (κ1) is 14.5. The summed E-state index contributed by atoms with van der Waals surface area (Å²) in [5, 5.41) is 7.81. The molecule has 0 saturated carbocycles. The molecule has 0 aliphatic carbocycles. The van der Waals surface area contributed by atoms with Crippen LogP contribution in [0.2, 0.25) is 0 Å². The minimum atomic E-state index is -3.62. The van der Waals surface area contributed by atoms with Gasteiger partial charge in [0.05, 0.1) is 6.07 Å². The maximum atomic E-state index is 11.9. The molecule has 5 heteroatoms. The summed E-state index contributed by atoms with van der Waals surface area (Å²) in [6.07, 6.45) is 1.12. The monoisotopic (exact) mass is 266 g/mol. The zero-order valence-electron chi connectivity index (χ0n) is 10.9. The van der Waals surface area contributed by atoms with E-state index in [1.165, 1.54) is 0 Å². The Hall–Kier alpha value is -1.54. The second-order valence-electron chi connectivity index (χ2n) is 4.17. The lowest BCUT2D eigenvalue weighted by molar-refractivity contribution is 0.593.